The van der Waals surface area contributed by atoms with Gasteiger partial charge >= 0.3 is 6.18 Å². The predicted octanol–water partition coefficient (Wildman–Crippen LogP) is 0.901. The molecule has 1 aromatic carbocycles. The van der Waals surface area contributed by atoms with Gasteiger partial charge in [-0.25, -0.2) is 4.99 Å². The molecule has 9 heteroatoms. The molecule has 27 heavy (non-hydrogen) atoms. The molecule has 1 aromatic rings. The Morgan fingerprint density at radius 2 is 1.85 bits per heavy atom. The molecule has 1 atom stereocenters. The van der Waals surface area contributed by atoms with Crippen LogP contribution in [0.15, 0.2) is 17.1 Å². The number of alkyl halides is 3. The molecule has 0 amide bonds. The van der Waals surface area contributed by atoms with Gasteiger partial charge in [0.1, 0.15) is 5.75 Å². The minimum Gasteiger partial charge on any atom is -1.00 e. The lowest BCUT2D eigenvalue weighted by atomic mass is 9.95. The van der Waals surface area contributed by atoms with E-state index in [2.05, 4.69) is 23.8 Å². The summed E-state index contributed by atoms with van der Waals surface area (Å²) in [5, 5.41) is 0. The molecule has 0 radical (unpaired) electrons. The van der Waals surface area contributed by atoms with E-state index >= 15 is 0 Å². The fourth-order valence-corrected chi connectivity index (χ4v) is 2.09. The molecule has 0 aromatic heterocycles. The Hall–Kier alpha value is -0.680. The number of aryl methyl sites for hydroxylation is 1. The summed E-state index contributed by atoms with van der Waals surface area (Å²) in [6, 6.07) is 2.96. The van der Waals surface area contributed by atoms with Crippen LogP contribution >= 0.6 is 0 Å². The molecule has 0 saturated carbocycles. The van der Waals surface area contributed by atoms with Crippen LogP contribution in [0.5, 0.6) is 5.75 Å². The van der Waals surface area contributed by atoms with Crippen LogP contribution in [-0.2, 0) is 21.2 Å². The highest BCUT2D eigenvalue weighted by Crippen LogP contribution is 2.55. The van der Waals surface area contributed by atoms with Gasteiger partial charge in [-0.3, -0.25) is 0 Å². The van der Waals surface area contributed by atoms with Gasteiger partial charge in [0.2, 0.25) is 5.60 Å². The molecule has 0 aliphatic carbocycles. The number of epoxide rings is 1. The second-order valence-electron chi connectivity index (χ2n) is 6.49. The molecule has 0 bridgehead atoms. The van der Waals surface area contributed by atoms with E-state index in [1.54, 1.807) is 13.3 Å². The maximum atomic E-state index is 13.2. The number of methoxy groups -OCH3 is 1. The highest BCUT2D eigenvalue weighted by atomic mass is 127. The smallest absolute Gasteiger partial charge is 0.424 e. The molecule has 1 saturated heterocycles. The zero-order valence-electron chi connectivity index (χ0n) is 16.8. The van der Waals surface area contributed by atoms with Crippen molar-refractivity contribution in [1.82, 2.24) is 4.90 Å². The normalized spacial score (nSPS) is 18.6. The van der Waals surface area contributed by atoms with Gasteiger partial charge in [-0.1, -0.05) is 0 Å². The lowest BCUT2D eigenvalue weighted by molar-refractivity contribution is -0.187. The van der Waals surface area contributed by atoms with Crippen molar-refractivity contribution in [2.75, 3.05) is 46.1 Å². The van der Waals surface area contributed by atoms with Crippen LogP contribution in [0.1, 0.15) is 18.1 Å². The first kappa shape index (κ1) is 26.3. The first-order valence-electron chi connectivity index (χ1n) is 8.12. The van der Waals surface area contributed by atoms with Gasteiger partial charge < -0.3 is 38.4 Å². The Kier molecular flexibility index (Phi) is 10.5. The molecule has 1 fully saturated rings. The number of hydrogen-bond acceptors (Lipinski definition) is 3. The summed E-state index contributed by atoms with van der Waals surface area (Å²) in [6.07, 6.45) is 3.74. The summed E-state index contributed by atoms with van der Waals surface area (Å²) < 4.78 is 49.5. The predicted molar refractivity (Wildman–Crippen MR) is 103 cm³/mol. The van der Waals surface area contributed by atoms with E-state index in [9.17, 15) is 13.2 Å². The van der Waals surface area contributed by atoms with Crippen molar-refractivity contribution in [2.45, 2.75) is 25.6 Å². The third-order valence-corrected chi connectivity index (χ3v) is 3.74. The van der Waals surface area contributed by atoms with Crippen LogP contribution in [0.2, 0.25) is 0 Å². The number of ether oxygens (including phenoxy) is 2. The molecule has 156 valence electrons. The summed E-state index contributed by atoms with van der Waals surface area (Å²) >= 11 is 0. The van der Waals surface area contributed by atoms with E-state index < -0.39 is 11.8 Å². The summed E-state index contributed by atoms with van der Waals surface area (Å²) in [5.41, 5.74) is -1.04. The Morgan fingerprint density at radius 3 is 2.22 bits per heavy atom. The van der Waals surface area contributed by atoms with Gasteiger partial charge in [0.25, 0.3) is 0 Å². The van der Waals surface area contributed by atoms with E-state index in [4.69, 9.17) is 9.47 Å². The topological polar surface area (TPSA) is 37.4 Å². The fourth-order valence-electron chi connectivity index (χ4n) is 2.09. The lowest BCUT2D eigenvalue weighted by Gasteiger charge is -2.20. The quantitative estimate of drug-likeness (QED) is 0.191. The monoisotopic (exact) mass is 520 g/mol. The SMILES string of the molecule is CCN(C)C=Nc1cc(OC)c(C2(C(F)(F)F)CO2)cc1C.C[S+](C)C.[I-]. The average molecular weight is 520 g/mol. The molecule has 1 unspecified atom stereocenters. The molecule has 1 heterocycles. The second kappa shape index (κ2) is 10.8. The average Bonchev–Trinajstić information content (AvgIpc) is 3.34. The van der Waals surface area contributed by atoms with E-state index in [0.717, 1.165) is 6.54 Å². The Bertz CT molecular complexity index is 633. The highest BCUT2D eigenvalue weighted by Gasteiger charge is 2.68. The van der Waals surface area contributed by atoms with Gasteiger partial charge in [0.15, 0.2) is 0 Å². The van der Waals surface area contributed by atoms with Crippen molar-refractivity contribution in [1.29, 1.82) is 0 Å². The summed E-state index contributed by atoms with van der Waals surface area (Å²) in [7, 11) is 3.84. The maximum Gasteiger partial charge on any atom is 0.424 e. The Balaban J connectivity index is 0.00000123. The van der Waals surface area contributed by atoms with Crippen molar-refractivity contribution in [3.05, 3.63) is 23.3 Å². The Labute approximate surface area is 179 Å². The third-order valence-electron chi connectivity index (χ3n) is 3.74. The first-order chi connectivity index (χ1) is 12.0. The molecule has 2 rings (SSSR count). The van der Waals surface area contributed by atoms with Gasteiger partial charge in [-0.05, 0) is 36.4 Å². The number of hydrogen-bond donors (Lipinski definition) is 0. The van der Waals surface area contributed by atoms with Crippen molar-refractivity contribution in [3.63, 3.8) is 0 Å². The molecule has 0 N–H and O–H groups in total. The minimum atomic E-state index is -4.47. The number of aliphatic imine (C=N–C) groups is 1. The number of nitrogens with zero attached hydrogens (tertiary/aromatic N) is 2. The van der Waals surface area contributed by atoms with E-state index in [-0.39, 0.29) is 41.9 Å². The molecule has 0 spiro atoms. The second-order valence-corrected chi connectivity index (χ2v) is 8.94. The van der Waals surface area contributed by atoms with Gasteiger partial charge in [-0.2, -0.15) is 13.2 Å². The molecular formula is C18H28F3IN2O2S. The van der Waals surface area contributed by atoms with Crippen molar-refractivity contribution < 1.29 is 46.6 Å². The summed E-state index contributed by atoms with van der Waals surface area (Å²) in [4.78, 5) is 6.15. The minimum absolute atomic E-state index is 0. The van der Waals surface area contributed by atoms with E-state index in [1.165, 1.54) is 19.2 Å². The zero-order chi connectivity index (χ0) is 20.1. The van der Waals surface area contributed by atoms with Crippen LogP contribution in [0.4, 0.5) is 18.9 Å². The number of halogens is 4. The fraction of sp³-hybridized carbons (Fsp3) is 0.611. The summed E-state index contributed by atoms with van der Waals surface area (Å²) in [6.45, 7) is 4.09. The number of rotatable bonds is 5. The van der Waals surface area contributed by atoms with Crippen molar-refractivity contribution in [3.8, 4) is 5.75 Å². The first-order valence-corrected chi connectivity index (χ1v) is 10.6. The van der Waals surface area contributed by atoms with E-state index in [1.807, 2.05) is 18.9 Å². The molecule has 1 aliphatic rings. The van der Waals surface area contributed by atoms with Gasteiger partial charge in [0, 0.05) is 25.2 Å². The summed E-state index contributed by atoms with van der Waals surface area (Å²) in [5.74, 6) is 0.131. The van der Waals surface area contributed by atoms with Crippen LogP contribution in [0, 0.1) is 6.92 Å². The Morgan fingerprint density at radius 1 is 1.33 bits per heavy atom. The molecule has 1 aliphatic heterocycles. The van der Waals surface area contributed by atoms with Crippen LogP contribution in [-0.4, -0.2) is 63.5 Å². The van der Waals surface area contributed by atoms with Crippen LogP contribution in [0.3, 0.4) is 0 Å². The standard InChI is InChI=1S/C15H19F3N2O2.C3H9S.HI/c1-5-20(3)9-19-12-7-13(21-4)11(6-10(12)2)14(8-22-14)15(16,17)18;1-4(2)3;/h6-7,9H,5,8H2,1-4H3;1-3H3;1H/q;+1;/p-1. The van der Waals surface area contributed by atoms with Gasteiger partial charge in [0.05, 0.1) is 44.5 Å². The third kappa shape index (κ3) is 7.01. The highest BCUT2D eigenvalue weighted by molar-refractivity contribution is 7.94. The largest absolute Gasteiger partial charge is 1.00 e. The number of benzene rings is 1. The van der Waals surface area contributed by atoms with Crippen LogP contribution < -0.4 is 28.7 Å². The van der Waals surface area contributed by atoms with Crippen LogP contribution in [0.25, 0.3) is 0 Å². The van der Waals surface area contributed by atoms with Gasteiger partial charge in [-0.15, -0.1) is 0 Å². The van der Waals surface area contributed by atoms with E-state index in [0.29, 0.717) is 22.1 Å². The molecular weight excluding hydrogens is 492 g/mol. The zero-order valence-corrected chi connectivity index (χ0v) is 19.8. The molecule has 4 nitrogen and oxygen atoms in total. The lowest BCUT2D eigenvalue weighted by Crippen LogP contribution is -3.00. The van der Waals surface area contributed by atoms with Crippen molar-refractivity contribution in [2.24, 2.45) is 4.99 Å². The maximum absolute atomic E-state index is 13.2. The van der Waals surface area contributed by atoms with Crippen molar-refractivity contribution >= 4 is 22.9 Å².